The fraction of sp³-hybridized carbons (Fsp3) is 0.614. The summed E-state index contributed by atoms with van der Waals surface area (Å²) in [6, 6.07) is 17.2. The second-order valence-corrected chi connectivity index (χ2v) is 18.7. The number of carbonyl (C=O) groups is 3. The molecule has 7 rings (SSSR count). The fourth-order valence-corrected chi connectivity index (χ4v) is 12.3. The Morgan fingerprint density at radius 2 is 1.43 bits per heavy atom. The Morgan fingerprint density at radius 3 is 2.10 bits per heavy atom. The van der Waals surface area contributed by atoms with Crippen LogP contribution in [-0.2, 0) is 19.1 Å². The molecule has 4 saturated carbocycles. The molecule has 0 saturated heterocycles. The van der Waals surface area contributed by atoms with Crippen molar-refractivity contribution in [3.05, 3.63) is 66.2 Å². The summed E-state index contributed by atoms with van der Waals surface area (Å²) < 4.78 is 5.89. The van der Waals surface area contributed by atoms with Gasteiger partial charge in [0.15, 0.2) is 5.78 Å². The van der Waals surface area contributed by atoms with Crippen LogP contribution in [0.2, 0.25) is 0 Å². The van der Waals surface area contributed by atoms with Crippen LogP contribution in [0.3, 0.4) is 0 Å². The first-order valence-electron chi connectivity index (χ1n) is 19.3. The van der Waals surface area contributed by atoms with Crippen LogP contribution in [0.1, 0.15) is 113 Å². The normalized spacial score (nSPS) is 39.8. The second-order valence-electron chi connectivity index (χ2n) is 18.7. The van der Waals surface area contributed by atoms with Crippen molar-refractivity contribution < 1.29 is 19.1 Å². The average molecular weight is 692 g/mol. The molecule has 0 aliphatic heterocycles. The van der Waals surface area contributed by atoms with Crippen LogP contribution in [0.25, 0.3) is 0 Å². The lowest BCUT2D eigenvalue weighted by molar-refractivity contribution is -0.210. The van der Waals surface area contributed by atoms with Gasteiger partial charge in [0.25, 0.3) is 0 Å². The summed E-state index contributed by atoms with van der Waals surface area (Å²) >= 11 is 0. The van der Waals surface area contributed by atoms with Crippen LogP contribution in [-0.4, -0.2) is 23.8 Å². The van der Waals surface area contributed by atoms with Crippen LogP contribution in [0.5, 0.6) is 0 Å². The minimum atomic E-state index is -0.557. The molecule has 51 heavy (non-hydrogen) atoms. The summed E-state index contributed by atoms with van der Waals surface area (Å²) in [7, 11) is 0. The van der Waals surface area contributed by atoms with Crippen molar-refractivity contribution in [1.82, 2.24) is 0 Å². The van der Waals surface area contributed by atoms with Crippen molar-refractivity contribution in [1.29, 1.82) is 0 Å². The SMILES string of the molecule is CC(=O)O[C@@H]1CC[C@]2(C)[C@H](CC[C@]3(C)[C@@H]2C(=O)C=C2[C@@H]4C[C@](C)(C(=O)Nc5ccc(N=Nc6ccccc6)cc5)CC[C@@]4(C)CC[C@]23C)C1(C)C. The Labute approximate surface area is 304 Å². The molecule has 5 aliphatic rings. The minimum absolute atomic E-state index is 0.0436. The number of ketones is 1. The van der Waals surface area contributed by atoms with Gasteiger partial charge in [0.05, 0.1) is 11.4 Å². The second kappa shape index (κ2) is 12.2. The third kappa shape index (κ3) is 5.63. The molecular weight excluding hydrogens is 635 g/mol. The minimum Gasteiger partial charge on any atom is -0.462 e. The van der Waals surface area contributed by atoms with Gasteiger partial charge >= 0.3 is 5.97 Å². The first-order valence-corrected chi connectivity index (χ1v) is 19.3. The quantitative estimate of drug-likeness (QED) is 0.249. The van der Waals surface area contributed by atoms with E-state index >= 15 is 0 Å². The molecule has 7 heteroatoms. The molecule has 0 unspecified atom stereocenters. The van der Waals surface area contributed by atoms with E-state index in [-0.39, 0.29) is 62.7 Å². The number of carbonyl (C=O) groups excluding carboxylic acids is 3. The number of rotatable bonds is 5. The summed E-state index contributed by atoms with van der Waals surface area (Å²) in [4.78, 5) is 41.0. The van der Waals surface area contributed by atoms with E-state index in [1.54, 1.807) is 0 Å². The topological polar surface area (TPSA) is 97.2 Å². The van der Waals surface area contributed by atoms with Crippen molar-refractivity contribution in [2.45, 2.75) is 119 Å². The molecular formula is C44H57N3O4. The zero-order valence-electron chi connectivity index (χ0n) is 32.0. The predicted molar refractivity (Wildman–Crippen MR) is 201 cm³/mol. The number of amides is 1. The number of ether oxygens (including phenoxy) is 1. The average Bonchev–Trinajstić information content (AvgIpc) is 3.08. The maximum Gasteiger partial charge on any atom is 0.302 e. The van der Waals surface area contributed by atoms with Crippen LogP contribution >= 0.6 is 0 Å². The highest BCUT2D eigenvalue weighted by atomic mass is 16.5. The molecule has 0 radical (unpaired) electrons. The highest BCUT2D eigenvalue weighted by Crippen LogP contribution is 2.75. The van der Waals surface area contributed by atoms with Crippen LogP contribution in [0.15, 0.2) is 76.5 Å². The molecule has 0 bridgehead atoms. The number of hydrogen-bond acceptors (Lipinski definition) is 6. The number of fused-ring (bicyclic) bond motifs is 7. The maximum absolute atomic E-state index is 14.8. The number of anilines is 1. The number of nitrogens with one attached hydrogen (secondary N) is 1. The Bertz CT molecular complexity index is 1780. The van der Waals surface area contributed by atoms with E-state index in [2.05, 4.69) is 70.1 Å². The van der Waals surface area contributed by atoms with Crippen molar-refractivity contribution in [3.63, 3.8) is 0 Å². The molecule has 1 amide bonds. The van der Waals surface area contributed by atoms with Crippen molar-refractivity contribution in [2.24, 2.45) is 60.5 Å². The molecule has 0 aromatic heterocycles. The molecule has 272 valence electrons. The van der Waals surface area contributed by atoms with Crippen molar-refractivity contribution >= 4 is 34.7 Å². The first-order chi connectivity index (χ1) is 24.0. The van der Waals surface area contributed by atoms with Gasteiger partial charge in [-0.15, -0.1) is 0 Å². The maximum atomic E-state index is 14.8. The van der Waals surface area contributed by atoms with Gasteiger partial charge in [0, 0.05) is 29.4 Å². The Kier molecular flexibility index (Phi) is 8.58. The van der Waals surface area contributed by atoms with Gasteiger partial charge in [-0.05, 0) is 134 Å². The molecule has 0 heterocycles. The van der Waals surface area contributed by atoms with Gasteiger partial charge in [-0.2, -0.15) is 10.2 Å². The standard InChI is InChI=1S/C44H57N3O4/c1-28(48)51-36-19-20-42(6)35(39(36,2)3)18-21-44(8)37(42)34(49)26-32-33-27-41(5,23-22-40(33,4)24-25-43(32,44)7)38(50)45-29-14-16-31(17-15-29)47-46-30-12-10-9-11-13-30/h9-17,26,33,35-37H,18-25,27H2,1-8H3,(H,45,50)/t33-,35+,36+,37+,40-,41+,42+,43+,44+/m0/s1. The summed E-state index contributed by atoms with van der Waals surface area (Å²) in [5.41, 5.74) is 2.39. The molecule has 2 aromatic rings. The van der Waals surface area contributed by atoms with Gasteiger partial charge in [0.1, 0.15) is 6.10 Å². The Hall–Kier alpha value is -3.61. The largest absolute Gasteiger partial charge is 0.462 e. The van der Waals surface area contributed by atoms with E-state index in [4.69, 9.17) is 4.74 Å². The number of azo groups is 1. The third-order valence-corrected chi connectivity index (χ3v) is 15.5. The Balaban J connectivity index is 1.14. The number of allylic oxidation sites excluding steroid dienone is 2. The van der Waals surface area contributed by atoms with Crippen LogP contribution in [0, 0.1) is 50.2 Å². The first kappa shape index (κ1) is 35.8. The molecule has 2 aromatic carbocycles. The number of benzene rings is 2. The van der Waals surface area contributed by atoms with Crippen molar-refractivity contribution in [3.8, 4) is 0 Å². The van der Waals surface area contributed by atoms with E-state index < -0.39 is 5.41 Å². The predicted octanol–water partition coefficient (Wildman–Crippen LogP) is 11.0. The highest BCUT2D eigenvalue weighted by Gasteiger charge is 2.70. The lowest BCUT2D eigenvalue weighted by atomic mass is 9.33. The molecule has 7 nitrogen and oxygen atoms in total. The smallest absolute Gasteiger partial charge is 0.302 e. The number of hydrogen-bond donors (Lipinski definition) is 1. The lowest BCUT2D eigenvalue weighted by Crippen LogP contribution is -2.66. The molecule has 0 spiro atoms. The van der Waals surface area contributed by atoms with Gasteiger partial charge in [0.2, 0.25) is 5.91 Å². The summed E-state index contributed by atoms with van der Waals surface area (Å²) in [5, 5.41) is 11.9. The van der Waals surface area contributed by atoms with E-state index in [1.165, 1.54) is 12.5 Å². The Morgan fingerprint density at radius 1 is 0.784 bits per heavy atom. The number of nitrogens with zero attached hydrogens (tertiary/aromatic N) is 2. The van der Waals surface area contributed by atoms with E-state index in [1.807, 2.05) is 54.6 Å². The molecule has 5 aliphatic carbocycles. The van der Waals surface area contributed by atoms with Crippen molar-refractivity contribution in [2.75, 3.05) is 5.32 Å². The highest BCUT2D eigenvalue weighted by molar-refractivity contribution is 5.97. The van der Waals surface area contributed by atoms with Crippen LogP contribution in [0.4, 0.5) is 17.1 Å². The molecule has 1 N–H and O–H groups in total. The van der Waals surface area contributed by atoms with E-state index in [0.717, 1.165) is 74.8 Å². The van der Waals surface area contributed by atoms with E-state index in [9.17, 15) is 14.4 Å². The van der Waals surface area contributed by atoms with Gasteiger partial charge in [-0.3, -0.25) is 14.4 Å². The fourth-order valence-electron chi connectivity index (χ4n) is 12.3. The summed E-state index contributed by atoms with van der Waals surface area (Å²) in [6.45, 7) is 17.8. The molecule has 4 fully saturated rings. The lowest BCUT2D eigenvalue weighted by Gasteiger charge is -2.70. The number of esters is 1. The van der Waals surface area contributed by atoms with E-state index in [0.29, 0.717) is 5.92 Å². The van der Waals surface area contributed by atoms with Crippen LogP contribution < -0.4 is 5.32 Å². The zero-order chi connectivity index (χ0) is 36.6. The summed E-state index contributed by atoms with van der Waals surface area (Å²) in [5.74, 6) is 0.494. The third-order valence-electron chi connectivity index (χ3n) is 15.5. The van der Waals surface area contributed by atoms with Gasteiger partial charge in [-0.25, -0.2) is 0 Å². The zero-order valence-corrected chi connectivity index (χ0v) is 32.0. The van der Waals surface area contributed by atoms with Gasteiger partial charge < -0.3 is 10.1 Å². The van der Waals surface area contributed by atoms with Gasteiger partial charge in [-0.1, -0.05) is 72.2 Å². The summed E-state index contributed by atoms with van der Waals surface area (Å²) in [6.07, 6.45) is 10.4. The monoisotopic (exact) mass is 691 g/mol. The molecule has 9 atom stereocenters.